The Kier molecular flexibility index (Phi) is 4.44. The van der Waals surface area contributed by atoms with Crippen molar-refractivity contribution in [3.8, 4) is 0 Å². The lowest BCUT2D eigenvalue weighted by atomic mass is 10.2. The van der Waals surface area contributed by atoms with Crippen molar-refractivity contribution in [1.82, 2.24) is 0 Å². The molecule has 1 amide bonds. The van der Waals surface area contributed by atoms with Gasteiger partial charge in [0.1, 0.15) is 0 Å². The van der Waals surface area contributed by atoms with Crippen molar-refractivity contribution in [3.63, 3.8) is 0 Å². The number of nitrogens with one attached hydrogen (secondary N) is 1. The highest BCUT2D eigenvalue weighted by Crippen LogP contribution is 2.33. The van der Waals surface area contributed by atoms with Gasteiger partial charge in [-0.05, 0) is 28.1 Å². The Morgan fingerprint density at radius 3 is 2.20 bits per heavy atom. The molecule has 0 atom stereocenters. The van der Waals surface area contributed by atoms with E-state index in [-0.39, 0.29) is 11.8 Å². The first-order valence-corrected chi connectivity index (χ1v) is 5.92. The topological polar surface area (TPSA) is 29.1 Å². The van der Waals surface area contributed by atoms with Crippen LogP contribution in [0.5, 0.6) is 0 Å². The summed E-state index contributed by atoms with van der Waals surface area (Å²) in [5.41, 5.74) is 0.604. The van der Waals surface area contributed by atoms with E-state index in [9.17, 15) is 4.79 Å². The highest BCUT2D eigenvalue weighted by Gasteiger charge is 2.10. The first kappa shape index (κ1) is 12.8. The Hall–Kier alpha value is -0.250. The van der Waals surface area contributed by atoms with E-state index in [1.807, 2.05) is 13.8 Å². The normalized spacial score (nSPS) is 10.5. The van der Waals surface area contributed by atoms with Gasteiger partial charge in [-0.1, -0.05) is 37.0 Å². The molecule has 15 heavy (non-hydrogen) atoms. The molecule has 0 saturated carbocycles. The van der Waals surface area contributed by atoms with Gasteiger partial charge in [-0.2, -0.15) is 0 Å². The van der Waals surface area contributed by atoms with Crippen molar-refractivity contribution in [2.24, 2.45) is 5.92 Å². The zero-order valence-electron chi connectivity index (χ0n) is 8.27. The molecule has 0 aliphatic heterocycles. The summed E-state index contributed by atoms with van der Waals surface area (Å²) >= 11 is 15.0. The summed E-state index contributed by atoms with van der Waals surface area (Å²) in [6, 6.07) is 3.30. The number of amides is 1. The van der Waals surface area contributed by atoms with Crippen LogP contribution in [0, 0.1) is 5.92 Å². The molecule has 1 rings (SSSR count). The van der Waals surface area contributed by atoms with E-state index in [0.29, 0.717) is 20.2 Å². The fourth-order valence-corrected chi connectivity index (χ4v) is 1.63. The van der Waals surface area contributed by atoms with Gasteiger partial charge in [0.15, 0.2) is 0 Å². The van der Waals surface area contributed by atoms with Crippen molar-refractivity contribution in [1.29, 1.82) is 0 Å². The Morgan fingerprint density at radius 1 is 1.33 bits per heavy atom. The first-order chi connectivity index (χ1) is 6.91. The number of rotatable bonds is 2. The smallest absolute Gasteiger partial charge is 0.226 e. The summed E-state index contributed by atoms with van der Waals surface area (Å²) in [5, 5.41) is 3.67. The monoisotopic (exact) mass is 309 g/mol. The molecular formula is C10H10BrCl2NO. The fraction of sp³-hybridized carbons (Fsp3) is 0.300. The molecule has 0 heterocycles. The van der Waals surface area contributed by atoms with Crippen LogP contribution in [0.25, 0.3) is 0 Å². The van der Waals surface area contributed by atoms with Crippen LogP contribution in [0.2, 0.25) is 10.0 Å². The summed E-state index contributed by atoms with van der Waals surface area (Å²) in [6.45, 7) is 3.63. The molecule has 0 radical (unpaired) electrons. The minimum Gasteiger partial charge on any atom is -0.326 e. The van der Waals surface area contributed by atoms with Crippen LogP contribution in [0.4, 0.5) is 5.69 Å². The summed E-state index contributed by atoms with van der Waals surface area (Å²) in [5.74, 6) is -0.143. The maximum atomic E-state index is 11.4. The molecule has 0 aliphatic rings. The number of anilines is 1. The van der Waals surface area contributed by atoms with E-state index in [4.69, 9.17) is 23.2 Å². The van der Waals surface area contributed by atoms with E-state index in [1.165, 1.54) is 0 Å². The van der Waals surface area contributed by atoms with Gasteiger partial charge in [0, 0.05) is 11.6 Å². The quantitative estimate of drug-likeness (QED) is 0.808. The van der Waals surface area contributed by atoms with E-state index in [2.05, 4.69) is 21.2 Å². The third-order valence-electron chi connectivity index (χ3n) is 1.78. The Balaban J connectivity index is 2.93. The van der Waals surface area contributed by atoms with Gasteiger partial charge in [-0.3, -0.25) is 4.79 Å². The van der Waals surface area contributed by atoms with E-state index < -0.39 is 0 Å². The van der Waals surface area contributed by atoms with Gasteiger partial charge < -0.3 is 5.32 Å². The van der Waals surface area contributed by atoms with E-state index in [0.717, 1.165) is 0 Å². The average Bonchev–Trinajstić information content (AvgIpc) is 2.13. The summed E-state index contributed by atoms with van der Waals surface area (Å²) < 4.78 is 0.633. The second-order valence-corrected chi connectivity index (χ2v) is 5.01. The zero-order chi connectivity index (χ0) is 11.6. The largest absolute Gasteiger partial charge is 0.326 e. The number of benzene rings is 1. The van der Waals surface area contributed by atoms with Crippen molar-refractivity contribution >= 4 is 50.7 Å². The molecule has 82 valence electrons. The second-order valence-electron chi connectivity index (χ2n) is 3.40. The van der Waals surface area contributed by atoms with E-state index >= 15 is 0 Å². The molecule has 1 N–H and O–H groups in total. The molecular weight excluding hydrogens is 301 g/mol. The van der Waals surface area contributed by atoms with Gasteiger partial charge in [0.2, 0.25) is 5.91 Å². The molecule has 5 heteroatoms. The van der Waals surface area contributed by atoms with Gasteiger partial charge in [0.25, 0.3) is 0 Å². The number of halogens is 3. The molecule has 1 aromatic rings. The molecule has 0 spiro atoms. The number of hydrogen-bond donors (Lipinski definition) is 1. The van der Waals surface area contributed by atoms with Crippen LogP contribution in [0.3, 0.4) is 0 Å². The lowest BCUT2D eigenvalue weighted by Gasteiger charge is -2.09. The Bertz CT molecular complexity index is 370. The lowest BCUT2D eigenvalue weighted by Crippen LogP contribution is -2.17. The summed E-state index contributed by atoms with van der Waals surface area (Å²) in [6.07, 6.45) is 0. The van der Waals surface area contributed by atoms with Crippen LogP contribution in [0.1, 0.15) is 13.8 Å². The van der Waals surface area contributed by atoms with Crippen LogP contribution in [-0.4, -0.2) is 5.91 Å². The van der Waals surface area contributed by atoms with Gasteiger partial charge in [0.05, 0.1) is 14.5 Å². The molecule has 0 fully saturated rings. The predicted molar refractivity (Wildman–Crippen MR) is 67.6 cm³/mol. The number of carbonyl (C=O) groups excluding carboxylic acids is 1. The predicted octanol–water partition coefficient (Wildman–Crippen LogP) is 4.35. The fourth-order valence-electron chi connectivity index (χ4n) is 0.914. The van der Waals surface area contributed by atoms with Gasteiger partial charge in [-0.25, -0.2) is 0 Å². The van der Waals surface area contributed by atoms with E-state index in [1.54, 1.807) is 12.1 Å². The average molecular weight is 311 g/mol. The summed E-state index contributed by atoms with van der Waals surface area (Å²) in [7, 11) is 0. The Labute approximate surface area is 107 Å². The lowest BCUT2D eigenvalue weighted by molar-refractivity contribution is -0.118. The number of carbonyl (C=O) groups is 1. The van der Waals surface area contributed by atoms with Crippen molar-refractivity contribution in [2.45, 2.75) is 13.8 Å². The summed E-state index contributed by atoms with van der Waals surface area (Å²) in [4.78, 5) is 11.4. The van der Waals surface area contributed by atoms with Crippen molar-refractivity contribution in [3.05, 3.63) is 26.7 Å². The molecule has 0 aromatic heterocycles. The molecule has 2 nitrogen and oxygen atoms in total. The maximum absolute atomic E-state index is 11.4. The zero-order valence-corrected chi connectivity index (χ0v) is 11.4. The number of hydrogen-bond acceptors (Lipinski definition) is 1. The SMILES string of the molecule is CC(C)C(=O)Nc1cc(Cl)c(Br)c(Cl)c1. The second kappa shape index (κ2) is 5.19. The first-order valence-electron chi connectivity index (χ1n) is 4.37. The highest BCUT2D eigenvalue weighted by atomic mass is 79.9. The molecule has 0 aliphatic carbocycles. The third kappa shape index (κ3) is 3.37. The van der Waals surface area contributed by atoms with Crippen LogP contribution >= 0.6 is 39.1 Å². The third-order valence-corrected chi connectivity index (χ3v) is 3.68. The standard InChI is InChI=1S/C10H10BrCl2NO/c1-5(2)10(15)14-6-3-7(12)9(11)8(13)4-6/h3-5H,1-2H3,(H,14,15). The minimum absolute atomic E-state index is 0.0653. The maximum Gasteiger partial charge on any atom is 0.226 e. The van der Waals surface area contributed by atoms with Crippen LogP contribution in [0.15, 0.2) is 16.6 Å². The molecule has 0 unspecified atom stereocenters. The van der Waals surface area contributed by atoms with Crippen molar-refractivity contribution in [2.75, 3.05) is 5.32 Å². The molecule has 0 bridgehead atoms. The highest BCUT2D eigenvalue weighted by molar-refractivity contribution is 9.10. The molecule has 0 saturated heterocycles. The van der Waals surface area contributed by atoms with Gasteiger partial charge >= 0.3 is 0 Å². The molecule has 1 aromatic carbocycles. The minimum atomic E-state index is -0.0776. The Morgan fingerprint density at radius 2 is 1.80 bits per heavy atom. The van der Waals surface area contributed by atoms with Crippen LogP contribution < -0.4 is 5.32 Å². The van der Waals surface area contributed by atoms with Gasteiger partial charge in [-0.15, -0.1) is 0 Å². The van der Waals surface area contributed by atoms with Crippen LogP contribution in [-0.2, 0) is 4.79 Å². The van der Waals surface area contributed by atoms with Crippen molar-refractivity contribution < 1.29 is 4.79 Å².